The Labute approximate surface area is 135 Å². The van der Waals surface area contributed by atoms with Gasteiger partial charge in [-0.1, -0.05) is 16.9 Å². The molecule has 0 bridgehead atoms. The lowest BCUT2D eigenvalue weighted by Gasteiger charge is -1.97. The van der Waals surface area contributed by atoms with Gasteiger partial charge in [0.1, 0.15) is 5.82 Å². The maximum Gasteiger partial charge on any atom is 0.294 e. The van der Waals surface area contributed by atoms with Crippen LogP contribution in [0.4, 0.5) is 0 Å². The lowest BCUT2D eigenvalue weighted by atomic mass is 10.2. The Kier molecular flexibility index (Phi) is 3.19. The Balaban J connectivity index is 1.76. The van der Waals surface area contributed by atoms with Gasteiger partial charge in [-0.3, -0.25) is 4.40 Å². The molecule has 0 atom stereocenters. The highest BCUT2D eigenvalue weighted by Crippen LogP contribution is 2.31. The summed E-state index contributed by atoms with van der Waals surface area (Å²) in [5, 5.41) is 13.0. The normalized spacial score (nSPS) is 11.4. The molecule has 4 aromatic rings. The van der Waals surface area contributed by atoms with E-state index in [1.165, 1.54) is 11.8 Å². The standard InChI is InChI=1S/C15H13N5O2S/c1-8-6-12(23-3)21-13(8)15-16-14(19-22-15)10-4-5-11-18-17-9(2)20(11)7-10/h4-7H,1-3H3. The van der Waals surface area contributed by atoms with Crippen molar-refractivity contribution < 1.29 is 8.94 Å². The number of rotatable bonds is 3. The van der Waals surface area contributed by atoms with Crippen LogP contribution >= 0.6 is 11.8 Å². The summed E-state index contributed by atoms with van der Waals surface area (Å²) in [7, 11) is 0. The minimum Gasteiger partial charge on any atom is -0.444 e. The van der Waals surface area contributed by atoms with Gasteiger partial charge < -0.3 is 8.94 Å². The van der Waals surface area contributed by atoms with E-state index in [1.807, 2.05) is 48.9 Å². The van der Waals surface area contributed by atoms with Gasteiger partial charge in [-0.15, -0.1) is 10.2 Å². The first-order chi connectivity index (χ1) is 11.2. The van der Waals surface area contributed by atoms with Crippen LogP contribution in [0.1, 0.15) is 11.4 Å². The maximum atomic E-state index is 5.72. The lowest BCUT2D eigenvalue weighted by Crippen LogP contribution is -1.90. The van der Waals surface area contributed by atoms with Crippen molar-refractivity contribution in [2.24, 2.45) is 0 Å². The molecule has 0 aliphatic carbocycles. The third-order valence-electron chi connectivity index (χ3n) is 3.55. The first-order valence-corrected chi connectivity index (χ1v) is 8.18. The van der Waals surface area contributed by atoms with Crippen LogP contribution in [0.25, 0.3) is 28.7 Å². The smallest absolute Gasteiger partial charge is 0.294 e. The molecule has 0 aromatic carbocycles. The van der Waals surface area contributed by atoms with E-state index in [2.05, 4.69) is 20.3 Å². The van der Waals surface area contributed by atoms with E-state index in [1.54, 1.807) is 0 Å². The highest BCUT2D eigenvalue weighted by atomic mass is 32.2. The van der Waals surface area contributed by atoms with Crippen LogP contribution in [0.5, 0.6) is 0 Å². The van der Waals surface area contributed by atoms with Crippen LogP contribution in [0, 0.1) is 13.8 Å². The summed E-state index contributed by atoms with van der Waals surface area (Å²) in [4.78, 5) is 4.45. The number of thioether (sulfide) groups is 1. The number of aromatic nitrogens is 5. The SMILES string of the molecule is CSc1cc(C)c(-c2nc(-c3ccc4nnc(C)n4c3)no2)o1. The number of pyridine rings is 1. The summed E-state index contributed by atoms with van der Waals surface area (Å²) in [6, 6.07) is 5.71. The molecular weight excluding hydrogens is 314 g/mol. The Morgan fingerprint density at radius 3 is 2.83 bits per heavy atom. The highest BCUT2D eigenvalue weighted by molar-refractivity contribution is 7.98. The maximum absolute atomic E-state index is 5.72. The van der Waals surface area contributed by atoms with Gasteiger partial charge in [0.2, 0.25) is 5.82 Å². The number of furan rings is 1. The van der Waals surface area contributed by atoms with E-state index >= 15 is 0 Å². The molecule has 0 unspecified atom stereocenters. The summed E-state index contributed by atoms with van der Waals surface area (Å²) in [6.07, 6.45) is 3.85. The molecule has 8 heteroatoms. The van der Waals surface area contributed by atoms with E-state index in [0.29, 0.717) is 17.5 Å². The van der Waals surface area contributed by atoms with E-state index in [-0.39, 0.29) is 0 Å². The number of aryl methyl sites for hydroxylation is 2. The van der Waals surface area contributed by atoms with Crippen molar-refractivity contribution >= 4 is 17.4 Å². The Morgan fingerprint density at radius 1 is 1.17 bits per heavy atom. The fraction of sp³-hybridized carbons (Fsp3) is 0.200. The van der Waals surface area contributed by atoms with Crippen molar-refractivity contribution in [1.29, 1.82) is 0 Å². The quantitative estimate of drug-likeness (QED) is 0.533. The van der Waals surface area contributed by atoms with Gasteiger partial charge in [-0.25, -0.2) is 0 Å². The average molecular weight is 327 g/mol. The fourth-order valence-electron chi connectivity index (χ4n) is 2.34. The summed E-state index contributed by atoms with van der Waals surface area (Å²) in [5.74, 6) is 2.28. The molecule has 0 saturated carbocycles. The molecule has 4 aromatic heterocycles. The van der Waals surface area contributed by atoms with Gasteiger partial charge in [0.15, 0.2) is 16.5 Å². The van der Waals surface area contributed by atoms with Gasteiger partial charge in [-0.2, -0.15) is 4.98 Å². The van der Waals surface area contributed by atoms with Gasteiger partial charge in [0.05, 0.1) is 0 Å². The Bertz CT molecular complexity index is 1000. The summed E-state index contributed by atoms with van der Waals surface area (Å²) in [5.41, 5.74) is 2.57. The zero-order valence-corrected chi connectivity index (χ0v) is 13.6. The van der Waals surface area contributed by atoms with Crippen LogP contribution in [0.2, 0.25) is 0 Å². The minimum atomic E-state index is 0.373. The second kappa shape index (κ2) is 5.24. The lowest BCUT2D eigenvalue weighted by molar-refractivity contribution is 0.403. The van der Waals surface area contributed by atoms with E-state index in [4.69, 9.17) is 8.94 Å². The van der Waals surface area contributed by atoms with E-state index in [9.17, 15) is 0 Å². The van der Waals surface area contributed by atoms with Crippen LogP contribution in [-0.2, 0) is 0 Å². The van der Waals surface area contributed by atoms with Crippen molar-refractivity contribution in [3.63, 3.8) is 0 Å². The summed E-state index contributed by atoms with van der Waals surface area (Å²) < 4.78 is 13.0. The molecule has 4 rings (SSSR count). The zero-order valence-electron chi connectivity index (χ0n) is 12.8. The molecule has 116 valence electrons. The summed E-state index contributed by atoms with van der Waals surface area (Å²) >= 11 is 1.53. The first kappa shape index (κ1) is 14.0. The van der Waals surface area contributed by atoms with Gasteiger partial charge in [0.25, 0.3) is 5.89 Å². The second-order valence-corrected chi connectivity index (χ2v) is 5.91. The molecule has 0 spiro atoms. The molecule has 7 nitrogen and oxygen atoms in total. The number of fused-ring (bicyclic) bond motifs is 1. The van der Waals surface area contributed by atoms with Crippen molar-refractivity contribution in [3.8, 4) is 23.0 Å². The summed E-state index contributed by atoms with van der Waals surface area (Å²) in [6.45, 7) is 3.84. The van der Waals surface area contributed by atoms with Gasteiger partial charge in [-0.05, 0) is 38.3 Å². The number of hydrogen-bond acceptors (Lipinski definition) is 7. The molecule has 0 aliphatic heterocycles. The van der Waals surface area contributed by atoms with Crippen molar-refractivity contribution in [2.45, 2.75) is 18.9 Å². The van der Waals surface area contributed by atoms with Crippen LogP contribution in [0.3, 0.4) is 0 Å². The number of hydrogen-bond donors (Lipinski definition) is 0. The molecule has 4 heterocycles. The Hall–Kier alpha value is -2.61. The van der Waals surface area contributed by atoms with Crippen molar-refractivity contribution in [2.75, 3.05) is 6.26 Å². The second-order valence-electron chi connectivity index (χ2n) is 5.10. The van der Waals surface area contributed by atoms with E-state index in [0.717, 1.165) is 27.7 Å². The molecule has 23 heavy (non-hydrogen) atoms. The molecule has 0 aliphatic rings. The van der Waals surface area contributed by atoms with Crippen LogP contribution < -0.4 is 0 Å². The predicted octanol–water partition coefficient (Wildman–Crippen LogP) is 3.38. The molecule has 0 saturated heterocycles. The average Bonchev–Trinajstić information content (AvgIpc) is 3.26. The van der Waals surface area contributed by atoms with Crippen LogP contribution in [0.15, 0.2) is 38.4 Å². The van der Waals surface area contributed by atoms with Gasteiger partial charge in [0, 0.05) is 17.3 Å². The minimum absolute atomic E-state index is 0.373. The topological polar surface area (TPSA) is 82.2 Å². The Morgan fingerprint density at radius 2 is 2.04 bits per heavy atom. The molecular formula is C15H13N5O2S. The molecule has 0 N–H and O–H groups in total. The van der Waals surface area contributed by atoms with Crippen LogP contribution in [-0.4, -0.2) is 31.0 Å². The molecule has 0 fully saturated rings. The highest BCUT2D eigenvalue weighted by Gasteiger charge is 2.18. The van der Waals surface area contributed by atoms with E-state index < -0.39 is 0 Å². The monoisotopic (exact) mass is 327 g/mol. The molecule has 0 amide bonds. The zero-order chi connectivity index (χ0) is 16.0. The van der Waals surface area contributed by atoms with Crippen molar-refractivity contribution in [3.05, 3.63) is 35.8 Å². The fourth-order valence-corrected chi connectivity index (χ4v) is 2.80. The largest absolute Gasteiger partial charge is 0.444 e. The third kappa shape index (κ3) is 2.31. The van der Waals surface area contributed by atoms with Crippen molar-refractivity contribution in [1.82, 2.24) is 24.7 Å². The third-order valence-corrected chi connectivity index (χ3v) is 4.15. The predicted molar refractivity (Wildman–Crippen MR) is 85.2 cm³/mol. The molecule has 0 radical (unpaired) electrons. The first-order valence-electron chi connectivity index (χ1n) is 6.96. The number of nitrogens with zero attached hydrogens (tertiary/aromatic N) is 5. The van der Waals surface area contributed by atoms with Gasteiger partial charge >= 0.3 is 0 Å².